The molecule has 0 unspecified atom stereocenters. The number of hydrogen-bond acceptors (Lipinski definition) is 6. The van der Waals surface area contributed by atoms with Crippen LogP contribution in [0.1, 0.15) is 40.5 Å². The topological polar surface area (TPSA) is 76.6 Å². The van der Waals surface area contributed by atoms with Crippen molar-refractivity contribution in [1.82, 2.24) is 14.9 Å². The number of carbonyl (C=O) groups excluding carboxylic acids is 1. The maximum atomic E-state index is 11.8. The van der Waals surface area contributed by atoms with Crippen LogP contribution >= 0.6 is 11.6 Å². The number of carbonyl (C=O) groups is 1. The van der Waals surface area contributed by atoms with Crippen LogP contribution in [0.2, 0.25) is 0 Å². The highest BCUT2D eigenvalue weighted by molar-refractivity contribution is 6.61. The van der Waals surface area contributed by atoms with Gasteiger partial charge in [0.05, 0.1) is 11.2 Å². The molecule has 0 aliphatic carbocycles. The van der Waals surface area contributed by atoms with E-state index in [1.165, 1.54) is 0 Å². The number of piperidine rings is 1. The van der Waals surface area contributed by atoms with Gasteiger partial charge in [-0.1, -0.05) is 0 Å². The molecule has 0 aromatic carbocycles. The SMILES string of the molecule is CC1(C)OB(c2cnc(N[C@@H]3CCCN(C(=O)CCl)C3)nc2)OC1(C)C. The molecule has 2 fully saturated rings. The van der Waals surface area contributed by atoms with Crippen molar-refractivity contribution in [2.75, 3.05) is 24.3 Å². The van der Waals surface area contributed by atoms with Crippen molar-refractivity contribution >= 4 is 36.0 Å². The normalized spacial score (nSPS) is 24.6. The van der Waals surface area contributed by atoms with Crippen LogP contribution in [0, 0.1) is 0 Å². The Morgan fingerprint density at radius 3 is 2.50 bits per heavy atom. The molecule has 2 aliphatic rings. The quantitative estimate of drug-likeness (QED) is 0.629. The number of nitrogens with zero attached hydrogens (tertiary/aromatic N) is 3. The number of amides is 1. The van der Waals surface area contributed by atoms with Crippen molar-refractivity contribution in [1.29, 1.82) is 0 Å². The minimum Gasteiger partial charge on any atom is -0.399 e. The largest absolute Gasteiger partial charge is 0.498 e. The summed E-state index contributed by atoms with van der Waals surface area (Å²) in [5.74, 6) is 0.525. The van der Waals surface area contributed by atoms with E-state index < -0.39 is 18.3 Å². The van der Waals surface area contributed by atoms with Gasteiger partial charge in [0.1, 0.15) is 5.88 Å². The molecular formula is C17H26BClN4O3. The number of rotatable bonds is 4. The van der Waals surface area contributed by atoms with Gasteiger partial charge in [-0.3, -0.25) is 4.79 Å². The predicted octanol–water partition coefficient (Wildman–Crippen LogP) is 1.42. The summed E-state index contributed by atoms with van der Waals surface area (Å²) in [6, 6.07) is 0.124. The van der Waals surface area contributed by atoms with E-state index in [-0.39, 0.29) is 17.8 Å². The van der Waals surface area contributed by atoms with Gasteiger partial charge in [-0.05, 0) is 40.5 Å². The van der Waals surface area contributed by atoms with Crippen LogP contribution in [0.25, 0.3) is 0 Å². The van der Waals surface area contributed by atoms with Crippen molar-refractivity contribution in [2.24, 2.45) is 0 Å². The molecule has 2 saturated heterocycles. The van der Waals surface area contributed by atoms with E-state index in [4.69, 9.17) is 20.9 Å². The third-order valence-electron chi connectivity index (χ3n) is 5.42. The lowest BCUT2D eigenvalue weighted by Crippen LogP contribution is -2.46. The molecule has 3 rings (SSSR count). The second kappa shape index (κ2) is 7.33. The Hall–Kier alpha value is -1.38. The molecule has 142 valence electrons. The number of nitrogens with one attached hydrogen (secondary N) is 1. The lowest BCUT2D eigenvalue weighted by molar-refractivity contribution is -0.129. The summed E-state index contributed by atoms with van der Waals surface area (Å²) in [4.78, 5) is 22.3. The fourth-order valence-electron chi connectivity index (χ4n) is 3.10. The number of hydrogen-bond donors (Lipinski definition) is 1. The van der Waals surface area contributed by atoms with Gasteiger partial charge < -0.3 is 19.5 Å². The average Bonchev–Trinajstić information content (AvgIpc) is 2.83. The molecule has 1 amide bonds. The molecule has 1 aromatic rings. The number of aromatic nitrogens is 2. The van der Waals surface area contributed by atoms with Gasteiger partial charge in [0, 0.05) is 37.0 Å². The minimum atomic E-state index is -0.472. The Kier molecular flexibility index (Phi) is 5.46. The van der Waals surface area contributed by atoms with Gasteiger partial charge >= 0.3 is 7.12 Å². The smallest absolute Gasteiger partial charge is 0.399 e. The molecule has 26 heavy (non-hydrogen) atoms. The van der Waals surface area contributed by atoms with Crippen molar-refractivity contribution in [3.63, 3.8) is 0 Å². The summed E-state index contributed by atoms with van der Waals surface area (Å²) in [5, 5.41) is 3.30. The van der Waals surface area contributed by atoms with Crippen LogP contribution in [-0.4, -0.2) is 64.1 Å². The molecule has 0 radical (unpaired) electrons. The van der Waals surface area contributed by atoms with Crippen LogP contribution in [0.3, 0.4) is 0 Å². The van der Waals surface area contributed by atoms with E-state index in [0.29, 0.717) is 12.5 Å². The maximum Gasteiger partial charge on any atom is 0.498 e. The van der Waals surface area contributed by atoms with Crippen molar-refractivity contribution < 1.29 is 14.1 Å². The van der Waals surface area contributed by atoms with Gasteiger partial charge in [0.2, 0.25) is 11.9 Å². The van der Waals surface area contributed by atoms with Gasteiger partial charge in [-0.15, -0.1) is 11.6 Å². The Bertz CT molecular complexity index is 640. The standard InChI is InChI=1S/C17H26BClN4O3/c1-16(2)17(3,4)26-18(25-16)12-9-20-15(21-10-12)22-13-6-5-7-23(11-13)14(24)8-19/h9-10,13H,5-8,11H2,1-4H3,(H,20,21,22)/t13-/m1/s1. The molecule has 9 heteroatoms. The molecule has 2 aliphatic heterocycles. The zero-order valence-electron chi connectivity index (χ0n) is 15.8. The number of halogens is 1. The monoisotopic (exact) mass is 380 g/mol. The molecule has 1 atom stereocenters. The Morgan fingerprint density at radius 2 is 1.92 bits per heavy atom. The third-order valence-corrected chi connectivity index (χ3v) is 5.65. The van der Waals surface area contributed by atoms with Gasteiger partial charge in [-0.2, -0.15) is 0 Å². The molecule has 7 nitrogen and oxygen atoms in total. The highest BCUT2D eigenvalue weighted by atomic mass is 35.5. The second-order valence-electron chi connectivity index (χ2n) is 7.89. The lowest BCUT2D eigenvalue weighted by Gasteiger charge is -2.32. The first kappa shape index (κ1) is 19.4. The number of anilines is 1. The highest BCUT2D eigenvalue weighted by Gasteiger charge is 2.51. The highest BCUT2D eigenvalue weighted by Crippen LogP contribution is 2.36. The first-order valence-electron chi connectivity index (χ1n) is 9.00. The van der Waals surface area contributed by atoms with E-state index in [9.17, 15) is 4.79 Å². The van der Waals surface area contributed by atoms with E-state index in [0.717, 1.165) is 24.8 Å². The third kappa shape index (κ3) is 3.97. The minimum absolute atomic E-state index is 0.0198. The van der Waals surface area contributed by atoms with Crippen LogP contribution in [0.5, 0.6) is 0 Å². The zero-order chi connectivity index (χ0) is 18.9. The van der Waals surface area contributed by atoms with Crippen LogP contribution < -0.4 is 10.8 Å². The lowest BCUT2D eigenvalue weighted by atomic mass is 9.81. The van der Waals surface area contributed by atoms with Crippen LogP contribution in [0.4, 0.5) is 5.95 Å². The maximum absolute atomic E-state index is 11.8. The summed E-state index contributed by atoms with van der Waals surface area (Å²) >= 11 is 5.65. The van der Waals surface area contributed by atoms with Gasteiger partial charge in [-0.25, -0.2) is 9.97 Å². The van der Waals surface area contributed by atoms with Gasteiger partial charge in [0.25, 0.3) is 0 Å². The Labute approximate surface area is 159 Å². The van der Waals surface area contributed by atoms with Gasteiger partial charge in [0.15, 0.2) is 0 Å². The Balaban J connectivity index is 1.61. The number of likely N-dealkylation sites (tertiary alicyclic amines) is 1. The molecule has 0 bridgehead atoms. The van der Waals surface area contributed by atoms with Crippen LogP contribution in [-0.2, 0) is 14.1 Å². The van der Waals surface area contributed by atoms with E-state index >= 15 is 0 Å². The fourth-order valence-corrected chi connectivity index (χ4v) is 3.27. The van der Waals surface area contributed by atoms with E-state index in [1.54, 1.807) is 17.3 Å². The molecule has 1 N–H and O–H groups in total. The van der Waals surface area contributed by atoms with Crippen molar-refractivity contribution in [2.45, 2.75) is 57.8 Å². The second-order valence-corrected chi connectivity index (χ2v) is 8.15. The first-order valence-corrected chi connectivity index (χ1v) is 9.53. The average molecular weight is 381 g/mol. The molecule has 0 spiro atoms. The predicted molar refractivity (Wildman–Crippen MR) is 102 cm³/mol. The van der Waals surface area contributed by atoms with E-state index in [2.05, 4.69) is 15.3 Å². The number of alkyl halides is 1. The summed E-state index contributed by atoms with van der Waals surface area (Å²) in [6.45, 7) is 9.43. The van der Waals surface area contributed by atoms with Crippen molar-refractivity contribution in [3.05, 3.63) is 12.4 Å². The summed E-state index contributed by atoms with van der Waals surface area (Å²) in [6.07, 6.45) is 5.35. The summed E-state index contributed by atoms with van der Waals surface area (Å²) in [7, 11) is -0.472. The molecule has 0 saturated carbocycles. The zero-order valence-corrected chi connectivity index (χ0v) is 16.5. The molecular weight excluding hydrogens is 354 g/mol. The van der Waals surface area contributed by atoms with E-state index in [1.807, 2.05) is 27.7 Å². The summed E-state index contributed by atoms with van der Waals surface area (Å²) < 4.78 is 12.0. The molecule has 3 heterocycles. The summed E-state index contributed by atoms with van der Waals surface area (Å²) in [5.41, 5.74) is 0.00120. The Morgan fingerprint density at radius 1 is 1.31 bits per heavy atom. The van der Waals surface area contributed by atoms with Crippen molar-refractivity contribution in [3.8, 4) is 0 Å². The van der Waals surface area contributed by atoms with Crippen LogP contribution in [0.15, 0.2) is 12.4 Å². The fraction of sp³-hybridized carbons (Fsp3) is 0.706. The first-order chi connectivity index (χ1) is 12.2. The molecule has 1 aromatic heterocycles.